The number of rotatable bonds is 4. The van der Waals surface area contributed by atoms with Crippen LogP contribution in [-0.4, -0.2) is 25.3 Å². The fraction of sp³-hybridized carbons (Fsp3) is 0.625. The smallest absolute Gasteiger partial charge is 0.273 e. The van der Waals surface area contributed by atoms with Crippen molar-refractivity contribution in [2.45, 2.75) is 45.4 Å². The molecule has 0 unspecified atom stereocenters. The van der Waals surface area contributed by atoms with Gasteiger partial charge in [-0.05, 0) is 31.6 Å². The summed E-state index contributed by atoms with van der Waals surface area (Å²) in [4.78, 5) is 28.9. The number of fused-ring (bicyclic) bond motifs is 1. The first-order valence-corrected chi connectivity index (χ1v) is 8.30. The molecule has 1 aliphatic rings. The first-order valence-electron chi connectivity index (χ1n) is 8.30. The molecule has 3 rings (SSSR count). The number of carbonyl (C=O) groups excluding carboxylic acids is 1. The highest BCUT2D eigenvalue weighted by molar-refractivity contribution is 5.86. The molecule has 2 aromatic heterocycles. The lowest BCUT2D eigenvalue weighted by molar-refractivity contribution is -0.122. The van der Waals surface area contributed by atoms with Crippen LogP contribution in [0, 0.1) is 11.8 Å². The van der Waals surface area contributed by atoms with E-state index < -0.39 is 0 Å². The Hall–Kier alpha value is -2.18. The summed E-state index contributed by atoms with van der Waals surface area (Å²) in [6.45, 7) is 2.20. The summed E-state index contributed by atoms with van der Waals surface area (Å²) < 4.78 is 2.71. The predicted molar refractivity (Wildman–Crippen MR) is 87.5 cm³/mol. The van der Waals surface area contributed by atoms with Gasteiger partial charge in [-0.1, -0.05) is 19.8 Å². The molecule has 1 N–H and O–H groups in total. The molecule has 23 heavy (non-hydrogen) atoms. The van der Waals surface area contributed by atoms with E-state index in [1.807, 2.05) is 0 Å². The molecule has 2 heterocycles. The van der Waals surface area contributed by atoms with Gasteiger partial charge in [-0.2, -0.15) is 5.10 Å². The Balaban J connectivity index is 1.69. The zero-order valence-corrected chi connectivity index (χ0v) is 13.7. The van der Waals surface area contributed by atoms with Crippen molar-refractivity contribution < 1.29 is 4.79 Å². The van der Waals surface area contributed by atoms with Gasteiger partial charge in [0.15, 0.2) is 5.65 Å². The number of amides is 1. The normalized spacial score (nSPS) is 21.5. The van der Waals surface area contributed by atoms with E-state index in [0.717, 1.165) is 31.6 Å². The zero-order valence-electron chi connectivity index (χ0n) is 13.7. The van der Waals surface area contributed by atoms with Crippen LogP contribution in [0.5, 0.6) is 0 Å². The van der Waals surface area contributed by atoms with Crippen LogP contribution < -0.4 is 11.0 Å². The van der Waals surface area contributed by atoms with Crippen LogP contribution in [0.2, 0.25) is 0 Å². The minimum Gasteiger partial charge on any atom is -0.273 e. The Morgan fingerprint density at radius 1 is 1.35 bits per heavy atom. The van der Waals surface area contributed by atoms with Gasteiger partial charge in [-0.25, -0.2) is 9.66 Å². The van der Waals surface area contributed by atoms with Gasteiger partial charge in [0, 0.05) is 13.0 Å². The van der Waals surface area contributed by atoms with Crippen molar-refractivity contribution in [2.75, 3.05) is 5.43 Å². The van der Waals surface area contributed by atoms with Crippen LogP contribution in [0.4, 0.5) is 0 Å². The third-order valence-electron chi connectivity index (χ3n) is 4.80. The number of carbonyl (C=O) groups is 1. The number of aromatic nitrogens is 4. The second kappa shape index (κ2) is 6.52. The highest BCUT2D eigenvalue weighted by atomic mass is 16.2. The van der Waals surface area contributed by atoms with Crippen molar-refractivity contribution in [3.63, 3.8) is 0 Å². The summed E-state index contributed by atoms with van der Waals surface area (Å²) in [6.07, 6.45) is 9.27. The largest absolute Gasteiger partial charge is 0.283 e. The van der Waals surface area contributed by atoms with E-state index in [0.29, 0.717) is 11.0 Å². The van der Waals surface area contributed by atoms with Crippen LogP contribution in [0.3, 0.4) is 0 Å². The summed E-state index contributed by atoms with van der Waals surface area (Å²) in [7, 11) is 1.73. The second-order valence-electron chi connectivity index (χ2n) is 6.41. The second-order valence-corrected chi connectivity index (χ2v) is 6.41. The molecule has 1 saturated carbocycles. The Morgan fingerprint density at radius 3 is 2.78 bits per heavy atom. The van der Waals surface area contributed by atoms with Crippen molar-refractivity contribution in [1.82, 2.24) is 19.4 Å². The van der Waals surface area contributed by atoms with E-state index in [2.05, 4.69) is 22.4 Å². The molecule has 0 aromatic carbocycles. The maximum atomic E-state index is 12.4. The van der Waals surface area contributed by atoms with Gasteiger partial charge in [-0.15, -0.1) is 0 Å². The van der Waals surface area contributed by atoms with Gasteiger partial charge >= 0.3 is 0 Å². The third-order valence-corrected chi connectivity index (χ3v) is 4.80. The predicted octanol–water partition coefficient (Wildman–Crippen LogP) is 1.81. The SMILES string of the molecule is CCCC1CCC(C(=O)Nn2cnc3c(cnn3C)c2=O)CC1. The average molecular weight is 317 g/mol. The Labute approximate surface area is 134 Å². The summed E-state index contributed by atoms with van der Waals surface area (Å²) >= 11 is 0. The fourth-order valence-electron chi connectivity index (χ4n) is 3.44. The Kier molecular flexibility index (Phi) is 4.45. The van der Waals surface area contributed by atoms with Gasteiger partial charge < -0.3 is 0 Å². The van der Waals surface area contributed by atoms with Gasteiger partial charge in [0.2, 0.25) is 5.91 Å². The molecular weight excluding hydrogens is 294 g/mol. The molecule has 1 aliphatic carbocycles. The minimum absolute atomic E-state index is 0.0143. The minimum atomic E-state index is -0.295. The van der Waals surface area contributed by atoms with Gasteiger partial charge in [0.25, 0.3) is 5.56 Å². The number of hydrogen-bond acceptors (Lipinski definition) is 4. The first-order chi connectivity index (χ1) is 11.1. The van der Waals surface area contributed by atoms with Crippen LogP contribution in [0.15, 0.2) is 17.3 Å². The van der Waals surface area contributed by atoms with Crippen molar-refractivity contribution in [1.29, 1.82) is 0 Å². The van der Waals surface area contributed by atoms with Crippen molar-refractivity contribution in [3.8, 4) is 0 Å². The molecule has 0 bridgehead atoms. The van der Waals surface area contributed by atoms with Gasteiger partial charge in [-0.3, -0.25) is 19.7 Å². The Bertz CT molecular complexity index is 755. The summed E-state index contributed by atoms with van der Waals surface area (Å²) in [5, 5.41) is 4.43. The van der Waals surface area contributed by atoms with E-state index in [1.165, 1.54) is 34.7 Å². The van der Waals surface area contributed by atoms with Gasteiger partial charge in [0.05, 0.1) is 6.20 Å². The zero-order chi connectivity index (χ0) is 16.4. The lowest BCUT2D eigenvalue weighted by Crippen LogP contribution is -2.37. The topological polar surface area (TPSA) is 81.8 Å². The lowest BCUT2D eigenvalue weighted by atomic mass is 9.80. The number of nitrogens with zero attached hydrogens (tertiary/aromatic N) is 4. The Morgan fingerprint density at radius 2 is 2.09 bits per heavy atom. The molecule has 124 valence electrons. The van der Waals surface area contributed by atoms with Crippen molar-refractivity contribution >= 4 is 16.9 Å². The van der Waals surface area contributed by atoms with Crippen LogP contribution in [-0.2, 0) is 11.8 Å². The van der Waals surface area contributed by atoms with Crippen molar-refractivity contribution in [3.05, 3.63) is 22.9 Å². The van der Waals surface area contributed by atoms with E-state index in [1.54, 1.807) is 7.05 Å². The lowest BCUT2D eigenvalue weighted by Gasteiger charge is -2.27. The molecule has 1 fully saturated rings. The van der Waals surface area contributed by atoms with E-state index in [-0.39, 0.29) is 17.4 Å². The van der Waals surface area contributed by atoms with E-state index in [4.69, 9.17) is 0 Å². The summed E-state index contributed by atoms with van der Waals surface area (Å²) in [5.41, 5.74) is 2.91. The molecule has 7 nitrogen and oxygen atoms in total. The molecule has 0 radical (unpaired) electrons. The molecule has 7 heteroatoms. The van der Waals surface area contributed by atoms with Crippen LogP contribution in [0.1, 0.15) is 45.4 Å². The molecular formula is C16H23N5O2. The molecule has 0 aliphatic heterocycles. The van der Waals surface area contributed by atoms with E-state index in [9.17, 15) is 9.59 Å². The molecule has 2 aromatic rings. The van der Waals surface area contributed by atoms with Crippen LogP contribution >= 0.6 is 0 Å². The number of hydrogen-bond donors (Lipinski definition) is 1. The van der Waals surface area contributed by atoms with Crippen molar-refractivity contribution in [2.24, 2.45) is 18.9 Å². The molecule has 0 atom stereocenters. The third kappa shape index (κ3) is 3.13. The monoisotopic (exact) mass is 317 g/mol. The average Bonchev–Trinajstić information content (AvgIpc) is 2.93. The highest BCUT2D eigenvalue weighted by Crippen LogP contribution is 2.31. The summed E-state index contributed by atoms with van der Waals surface area (Å²) in [6, 6.07) is 0. The number of aryl methyl sites for hydroxylation is 1. The van der Waals surface area contributed by atoms with Gasteiger partial charge in [0.1, 0.15) is 11.7 Å². The fourth-order valence-corrected chi connectivity index (χ4v) is 3.44. The maximum absolute atomic E-state index is 12.4. The maximum Gasteiger partial charge on any atom is 0.283 e. The first kappa shape index (κ1) is 15.7. The highest BCUT2D eigenvalue weighted by Gasteiger charge is 2.26. The number of nitrogens with one attached hydrogen (secondary N) is 1. The summed E-state index contributed by atoms with van der Waals surface area (Å²) in [5.74, 6) is 0.645. The quantitative estimate of drug-likeness (QED) is 0.932. The van der Waals surface area contributed by atoms with E-state index >= 15 is 0 Å². The standard InChI is InChI=1S/C16H23N5O2/c1-3-4-11-5-7-12(8-6-11)15(22)19-21-10-17-14-13(16(21)23)9-18-20(14)2/h9-12H,3-8H2,1-2H3,(H,19,22). The molecule has 0 spiro atoms. The molecule has 0 saturated heterocycles. The molecule has 1 amide bonds. The van der Waals surface area contributed by atoms with Crippen LogP contribution in [0.25, 0.3) is 11.0 Å².